The van der Waals surface area contributed by atoms with Gasteiger partial charge in [-0.05, 0) is 37.9 Å². The van der Waals surface area contributed by atoms with E-state index in [2.05, 4.69) is 17.2 Å². The van der Waals surface area contributed by atoms with E-state index in [0.29, 0.717) is 11.6 Å². The van der Waals surface area contributed by atoms with Crippen LogP contribution in [0.15, 0.2) is 24.5 Å². The molecule has 0 saturated carbocycles. The number of nitrogens with one attached hydrogen (secondary N) is 1. The lowest BCUT2D eigenvalue weighted by atomic mass is 10.0. The third-order valence-electron chi connectivity index (χ3n) is 3.54. The molecule has 1 unspecified atom stereocenters. The predicted molar refractivity (Wildman–Crippen MR) is 76.1 cm³/mol. The maximum absolute atomic E-state index is 12.5. The number of aromatic nitrogens is 1. The molecule has 1 aromatic rings. The summed E-state index contributed by atoms with van der Waals surface area (Å²) < 4.78 is 0. The van der Waals surface area contributed by atoms with Crippen LogP contribution in [0, 0.1) is 0 Å². The van der Waals surface area contributed by atoms with Gasteiger partial charge in [0.05, 0.1) is 5.56 Å². The van der Waals surface area contributed by atoms with E-state index in [0.717, 1.165) is 26.1 Å². The molecule has 1 atom stereocenters. The molecule has 1 N–H and O–H groups in total. The first-order chi connectivity index (χ1) is 9.31. The van der Waals surface area contributed by atoms with E-state index >= 15 is 0 Å². The van der Waals surface area contributed by atoms with Gasteiger partial charge in [-0.2, -0.15) is 0 Å². The highest BCUT2D eigenvalue weighted by Crippen LogP contribution is 2.11. The molecule has 1 aliphatic heterocycles. The topological polar surface area (TPSA) is 45.2 Å². The van der Waals surface area contributed by atoms with Gasteiger partial charge in [-0.1, -0.05) is 13.3 Å². The SMILES string of the molecule is CCCN(CC1CCCCN1)C(=O)c1cccnc1. The number of pyridine rings is 1. The Labute approximate surface area is 115 Å². The average molecular weight is 261 g/mol. The molecule has 0 bridgehead atoms. The number of carbonyl (C=O) groups excluding carboxylic acids is 1. The Morgan fingerprint density at radius 2 is 2.42 bits per heavy atom. The van der Waals surface area contributed by atoms with Crippen molar-refractivity contribution in [3.8, 4) is 0 Å². The van der Waals surface area contributed by atoms with Crippen molar-refractivity contribution in [3.63, 3.8) is 0 Å². The summed E-state index contributed by atoms with van der Waals surface area (Å²) in [7, 11) is 0. The van der Waals surface area contributed by atoms with Crippen molar-refractivity contribution in [1.82, 2.24) is 15.2 Å². The molecule has 1 aromatic heterocycles. The third kappa shape index (κ3) is 4.03. The highest BCUT2D eigenvalue weighted by atomic mass is 16.2. The van der Waals surface area contributed by atoms with Gasteiger partial charge in [0.1, 0.15) is 0 Å². The van der Waals surface area contributed by atoms with Crippen LogP contribution in [-0.4, -0.2) is 41.5 Å². The molecule has 1 saturated heterocycles. The maximum atomic E-state index is 12.5. The van der Waals surface area contributed by atoms with E-state index in [1.807, 2.05) is 17.0 Å². The lowest BCUT2D eigenvalue weighted by Gasteiger charge is -2.30. The van der Waals surface area contributed by atoms with Crippen LogP contribution in [0.5, 0.6) is 0 Å². The molecule has 1 fully saturated rings. The fraction of sp³-hybridized carbons (Fsp3) is 0.600. The Bertz CT molecular complexity index is 388. The van der Waals surface area contributed by atoms with Gasteiger partial charge in [0, 0.05) is 31.5 Å². The lowest BCUT2D eigenvalue weighted by molar-refractivity contribution is 0.0731. The monoisotopic (exact) mass is 261 g/mol. The zero-order valence-corrected chi connectivity index (χ0v) is 11.6. The minimum absolute atomic E-state index is 0.0994. The van der Waals surface area contributed by atoms with Gasteiger partial charge in [-0.3, -0.25) is 9.78 Å². The van der Waals surface area contributed by atoms with Crippen LogP contribution >= 0.6 is 0 Å². The molecule has 2 rings (SSSR count). The van der Waals surface area contributed by atoms with E-state index in [1.54, 1.807) is 12.4 Å². The van der Waals surface area contributed by atoms with Gasteiger partial charge in [0.25, 0.3) is 5.91 Å². The maximum Gasteiger partial charge on any atom is 0.255 e. The molecular formula is C15H23N3O. The smallest absolute Gasteiger partial charge is 0.255 e. The molecule has 2 heterocycles. The standard InChI is InChI=1S/C15H23N3O/c1-2-10-18(12-14-7-3-4-9-17-14)15(19)13-6-5-8-16-11-13/h5-6,8,11,14,17H,2-4,7,9-10,12H2,1H3. The zero-order valence-electron chi connectivity index (χ0n) is 11.6. The van der Waals surface area contributed by atoms with Crippen LogP contribution in [0.25, 0.3) is 0 Å². The van der Waals surface area contributed by atoms with E-state index < -0.39 is 0 Å². The second kappa shape index (κ2) is 7.24. The summed E-state index contributed by atoms with van der Waals surface area (Å²) in [5.74, 6) is 0.0994. The van der Waals surface area contributed by atoms with Gasteiger partial charge < -0.3 is 10.2 Å². The Balaban J connectivity index is 2.00. The second-order valence-electron chi connectivity index (χ2n) is 5.14. The summed E-state index contributed by atoms with van der Waals surface area (Å²) in [6.07, 6.45) is 8.02. The number of carbonyl (C=O) groups is 1. The molecule has 1 amide bonds. The first-order valence-corrected chi connectivity index (χ1v) is 7.24. The van der Waals surface area contributed by atoms with E-state index in [1.165, 1.54) is 19.3 Å². The molecule has 0 aliphatic carbocycles. The van der Waals surface area contributed by atoms with Crippen molar-refractivity contribution in [2.75, 3.05) is 19.6 Å². The summed E-state index contributed by atoms with van der Waals surface area (Å²) in [5.41, 5.74) is 0.687. The molecule has 0 radical (unpaired) electrons. The van der Waals surface area contributed by atoms with Crippen molar-refractivity contribution in [2.45, 2.75) is 38.6 Å². The first-order valence-electron chi connectivity index (χ1n) is 7.24. The number of hydrogen-bond acceptors (Lipinski definition) is 3. The van der Waals surface area contributed by atoms with Crippen molar-refractivity contribution >= 4 is 5.91 Å². The van der Waals surface area contributed by atoms with E-state index in [-0.39, 0.29) is 5.91 Å². The molecule has 4 heteroatoms. The normalized spacial score (nSPS) is 19.1. The molecule has 4 nitrogen and oxygen atoms in total. The molecule has 0 spiro atoms. The van der Waals surface area contributed by atoms with E-state index in [9.17, 15) is 4.79 Å². The number of amides is 1. The summed E-state index contributed by atoms with van der Waals surface area (Å²) in [4.78, 5) is 18.5. The quantitative estimate of drug-likeness (QED) is 0.882. The summed E-state index contributed by atoms with van der Waals surface area (Å²) in [6.45, 7) is 4.80. The number of hydrogen-bond donors (Lipinski definition) is 1. The summed E-state index contributed by atoms with van der Waals surface area (Å²) >= 11 is 0. The number of nitrogens with zero attached hydrogens (tertiary/aromatic N) is 2. The Hall–Kier alpha value is -1.42. The van der Waals surface area contributed by atoms with Crippen molar-refractivity contribution in [1.29, 1.82) is 0 Å². The second-order valence-corrected chi connectivity index (χ2v) is 5.14. The molecule has 19 heavy (non-hydrogen) atoms. The summed E-state index contributed by atoms with van der Waals surface area (Å²) in [5, 5.41) is 3.50. The summed E-state index contributed by atoms with van der Waals surface area (Å²) in [6, 6.07) is 4.10. The third-order valence-corrected chi connectivity index (χ3v) is 3.54. The van der Waals surface area contributed by atoms with Gasteiger partial charge in [-0.15, -0.1) is 0 Å². The first kappa shape index (κ1) is 14.0. The predicted octanol–water partition coefficient (Wildman–Crippen LogP) is 2.08. The fourth-order valence-electron chi connectivity index (χ4n) is 2.56. The lowest BCUT2D eigenvalue weighted by Crippen LogP contribution is -2.46. The van der Waals surface area contributed by atoms with Crippen molar-refractivity contribution in [3.05, 3.63) is 30.1 Å². The fourth-order valence-corrected chi connectivity index (χ4v) is 2.56. The van der Waals surface area contributed by atoms with Crippen LogP contribution in [0.4, 0.5) is 0 Å². The highest BCUT2D eigenvalue weighted by molar-refractivity contribution is 5.93. The molecular weight excluding hydrogens is 238 g/mol. The highest BCUT2D eigenvalue weighted by Gasteiger charge is 2.20. The van der Waals surface area contributed by atoms with Crippen molar-refractivity contribution in [2.24, 2.45) is 0 Å². The van der Waals surface area contributed by atoms with Crippen LogP contribution in [0.3, 0.4) is 0 Å². The number of rotatable bonds is 5. The minimum Gasteiger partial charge on any atom is -0.337 e. The Kier molecular flexibility index (Phi) is 5.33. The van der Waals surface area contributed by atoms with Gasteiger partial charge in [-0.25, -0.2) is 0 Å². The van der Waals surface area contributed by atoms with Crippen LogP contribution < -0.4 is 5.32 Å². The zero-order chi connectivity index (χ0) is 13.5. The van der Waals surface area contributed by atoms with Gasteiger partial charge in [0.2, 0.25) is 0 Å². The van der Waals surface area contributed by atoms with Crippen LogP contribution in [-0.2, 0) is 0 Å². The minimum atomic E-state index is 0.0994. The number of piperidine rings is 1. The van der Waals surface area contributed by atoms with Gasteiger partial charge >= 0.3 is 0 Å². The van der Waals surface area contributed by atoms with Crippen molar-refractivity contribution < 1.29 is 4.79 Å². The molecule has 104 valence electrons. The Morgan fingerprint density at radius 1 is 1.53 bits per heavy atom. The van der Waals surface area contributed by atoms with E-state index in [4.69, 9.17) is 0 Å². The van der Waals surface area contributed by atoms with Crippen LogP contribution in [0.1, 0.15) is 43.0 Å². The molecule has 0 aromatic carbocycles. The molecule has 1 aliphatic rings. The van der Waals surface area contributed by atoms with Gasteiger partial charge in [0.15, 0.2) is 0 Å². The average Bonchev–Trinajstić information content (AvgIpc) is 2.48. The Morgan fingerprint density at radius 3 is 3.05 bits per heavy atom. The largest absolute Gasteiger partial charge is 0.337 e. The van der Waals surface area contributed by atoms with Crippen LogP contribution in [0.2, 0.25) is 0 Å².